The number of benzene rings is 2. The largest absolute Gasteiger partial charge is 0.326 e. The second-order valence-corrected chi connectivity index (χ2v) is 6.69. The van der Waals surface area contributed by atoms with Crippen molar-refractivity contribution in [2.45, 2.75) is 29.5 Å². The van der Waals surface area contributed by atoms with Crippen molar-refractivity contribution < 1.29 is 4.39 Å². The number of rotatable bonds is 5. The smallest absolute Gasteiger partial charge is 0.136 e. The molecule has 0 amide bonds. The molecule has 0 fully saturated rings. The van der Waals surface area contributed by atoms with E-state index in [0.717, 1.165) is 16.5 Å². The fourth-order valence-corrected chi connectivity index (χ4v) is 3.48. The van der Waals surface area contributed by atoms with Crippen molar-refractivity contribution in [3.05, 3.63) is 64.4 Å². The molecule has 0 saturated heterocycles. The first kappa shape index (κ1) is 15.5. The lowest BCUT2D eigenvalue weighted by molar-refractivity contribution is 0.597. The summed E-state index contributed by atoms with van der Waals surface area (Å²) in [4.78, 5) is 0.643. The zero-order valence-corrected chi connectivity index (χ0v) is 13.6. The van der Waals surface area contributed by atoms with E-state index in [4.69, 9.17) is 5.73 Å². The van der Waals surface area contributed by atoms with Gasteiger partial charge in [-0.2, -0.15) is 0 Å². The molecule has 0 aliphatic carbocycles. The summed E-state index contributed by atoms with van der Waals surface area (Å²) in [5, 5.41) is 0.0463. The molecule has 0 radical (unpaired) electrons. The molecule has 4 heteroatoms. The van der Waals surface area contributed by atoms with E-state index < -0.39 is 0 Å². The Balaban J connectivity index is 2.29. The fraction of sp³-hybridized carbons (Fsp3) is 0.250. The van der Waals surface area contributed by atoms with Gasteiger partial charge >= 0.3 is 0 Å². The van der Waals surface area contributed by atoms with Crippen molar-refractivity contribution in [2.24, 2.45) is 5.73 Å². The summed E-state index contributed by atoms with van der Waals surface area (Å²) in [5.74, 6) is -0.192. The number of hydrogen-bond donors (Lipinski definition) is 1. The van der Waals surface area contributed by atoms with Crippen LogP contribution < -0.4 is 5.73 Å². The van der Waals surface area contributed by atoms with Gasteiger partial charge in [-0.1, -0.05) is 47.1 Å². The van der Waals surface area contributed by atoms with Crippen molar-refractivity contribution in [1.82, 2.24) is 0 Å². The molecular weight excluding hydrogens is 337 g/mol. The maximum atomic E-state index is 13.8. The molecule has 0 aliphatic rings. The molecule has 2 N–H and O–H groups in total. The Hall–Kier alpha value is -0.840. The number of hydrogen-bond acceptors (Lipinski definition) is 2. The van der Waals surface area contributed by atoms with Gasteiger partial charge in [0.25, 0.3) is 0 Å². The second-order valence-electron chi connectivity index (χ2n) is 4.59. The SMILES string of the molecule is CCC(N)C(Sc1ccccc1F)c1ccc(Br)cc1. The van der Waals surface area contributed by atoms with Crippen LogP contribution in [0.3, 0.4) is 0 Å². The summed E-state index contributed by atoms with van der Waals surface area (Å²) in [6.45, 7) is 2.05. The first-order valence-electron chi connectivity index (χ1n) is 6.54. The summed E-state index contributed by atoms with van der Waals surface area (Å²) in [7, 11) is 0. The normalized spacial score (nSPS) is 14.0. The third-order valence-corrected chi connectivity index (χ3v) is 5.14. The van der Waals surface area contributed by atoms with Crippen LogP contribution in [0.5, 0.6) is 0 Å². The van der Waals surface area contributed by atoms with Crippen LogP contribution in [0.1, 0.15) is 24.2 Å². The maximum Gasteiger partial charge on any atom is 0.136 e. The van der Waals surface area contributed by atoms with Gasteiger partial charge in [0.05, 0.1) is 0 Å². The van der Waals surface area contributed by atoms with Gasteiger partial charge in [-0.25, -0.2) is 4.39 Å². The van der Waals surface area contributed by atoms with Gasteiger partial charge in [0.15, 0.2) is 0 Å². The van der Waals surface area contributed by atoms with Crippen LogP contribution in [0.2, 0.25) is 0 Å². The minimum absolute atomic E-state index is 0.0132. The van der Waals surface area contributed by atoms with Crippen molar-refractivity contribution in [1.29, 1.82) is 0 Å². The van der Waals surface area contributed by atoms with Gasteiger partial charge in [0.2, 0.25) is 0 Å². The molecular formula is C16H17BrFNS. The van der Waals surface area contributed by atoms with Gasteiger partial charge in [0.1, 0.15) is 5.82 Å². The van der Waals surface area contributed by atoms with E-state index in [1.54, 1.807) is 12.1 Å². The highest BCUT2D eigenvalue weighted by molar-refractivity contribution is 9.10. The monoisotopic (exact) mass is 353 g/mol. The average molecular weight is 354 g/mol. The topological polar surface area (TPSA) is 26.0 Å². The van der Waals surface area contributed by atoms with E-state index in [-0.39, 0.29) is 17.1 Å². The molecule has 2 atom stereocenters. The molecule has 2 aromatic carbocycles. The first-order chi connectivity index (χ1) is 9.61. The predicted molar refractivity (Wildman–Crippen MR) is 87.4 cm³/mol. The summed E-state index contributed by atoms with van der Waals surface area (Å²) in [5.41, 5.74) is 7.35. The molecule has 20 heavy (non-hydrogen) atoms. The lowest BCUT2D eigenvalue weighted by Gasteiger charge is -2.23. The standard InChI is InChI=1S/C16H17BrFNS/c1-2-14(19)16(11-7-9-12(17)10-8-11)20-15-6-4-3-5-13(15)18/h3-10,14,16H,2,19H2,1H3. The van der Waals surface area contributed by atoms with E-state index in [1.807, 2.05) is 30.3 Å². The van der Waals surface area contributed by atoms with E-state index in [2.05, 4.69) is 22.9 Å². The molecule has 0 aromatic heterocycles. The summed E-state index contributed by atoms with van der Waals surface area (Å²) in [6.07, 6.45) is 0.849. The van der Waals surface area contributed by atoms with E-state index in [1.165, 1.54) is 17.8 Å². The predicted octanol–water partition coefficient (Wildman–Crippen LogP) is 5.16. The van der Waals surface area contributed by atoms with Gasteiger partial charge in [-0.3, -0.25) is 0 Å². The van der Waals surface area contributed by atoms with Crippen LogP contribution in [0, 0.1) is 5.82 Å². The maximum absolute atomic E-state index is 13.8. The zero-order valence-electron chi connectivity index (χ0n) is 11.2. The average Bonchev–Trinajstić information content (AvgIpc) is 2.47. The van der Waals surface area contributed by atoms with Crippen LogP contribution in [0.25, 0.3) is 0 Å². The Kier molecular flexibility index (Phi) is 5.64. The highest BCUT2D eigenvalue weighted by Gasteiger charge is 2.21. The second kappa shape index (κ2) is 7.25. The Bertz CT molecular complexity index is 559. The lowest BCUT2D eigenvalue weighted by atomic mass is 10.0. The molecule has 2 rings (SSSR count). The van der Waals surface area contributed by atoms with Crippen molar-refractivity contribution in [3.63, 3.8) is 0 Å². The van der Waals surface area contributed by atoms with Crippen molar-refractivity contribution in [3.8, 4) is 0 Å². The minimum Gasteiger partial charge on any atom is -0.326 e. The highest BCUT2D eigenvalue weighted by Crippen LogP contribution is 2.39. The molecule has 1 nitrogen and oxygen atoms in total. The van der Waals surface area contributed by atoms with Gasteiger partial charge in [0, 0.05) is 20.7 Å². The Morgan fingerprint density at radius 3 is 2.40 bits per heavy atom. The van der Waals surface area contributed by atoms with Crippen LogP contribution in [-0.2, 0) is 0 Å². The number of thioether (sulfide) groups is 1. The molecule has 0 saturated carbocycles. The van der Waals surface area contributed by atoms with Crippen LogP contribution >= 0.6 is 27.7 Å². The van der Waals surface area contributed by atoms with E-state index >= 15 is 0 Å². The van der Waals surface area contributed by atoms with Gasteiger partial charge < -0.3 is 5.73 Å². The number of nitrogens with two attached hydrogens (primary N) is 1. The van der Waals surface area contributed by atoms with Crippen LogP contribution in [0.4, 0.5) is 4.39 Å². The zero-order chi connectivity index (χ0) is 14.5. The quantitative estimate of drug-likeness (QED) is 0.751. The minimum atomic E-state index is -0.192. The molecule has 2 unspecified atom stereocenters. The molecule has 0 bridgehead atoms. The molecule has 106 valence electrons. The summed E-state index contributed by atoms with van der Waals surface area (Å²) >= 11 is 4.92. The molecule has 0 spiro atoms. The highest BCUT2D eigenvalue weighted by atomic mass is 79.9. The van der Waals surface area contributed by atoms with Crippen molar-refractivity contribution in [2.75, 3.05) is 0 Å². The Morgan fingerprint density at radius 1 is 1.15 bits per heavy atom. The third kappa shape index (κ3) is 3.84. The van der Waals surface area contributed by atoms with Crippen LogP contribution in [-0.4, -0.2) is 6.04 Å². The third-order valence-electron chi connectivity index (χ3n) is 3.15. The van der Waals surface area contributed by atoms with E-state index in [0.29, 0.717) is 4.90 Å². The fourth-order valence-electron chi connectivity index (χ4n) is 1.95. The summed E-state index contributed by atoms with van der Waals surface area (Å²) in [6, 6.07) is 14.9. The van der Waals surface area contributed by atoms with Crippen LogP contribution in [0.15, 0.2) is 57.9 Å². The molecule has 2 aromatic rings. The molecule has 0 aliphatic heterocycles. The molecule has 0 heterocycles. The first-order valence-corrected chi connectivity index (χ1v) is 8.21. The number of halogens is 2. The Labute approximate surface area is 131 Å². The van der Waals surface area contributed by atoms with Crippen molar-refractivity contribution >= 4 is 27.7 Å². The van der Waals surface area contributed by atoms with Gasteiger partial charge in [-0.15, -0.1) is 11.8 Å². The van der Waals surface area contributed by atoms with Gasteiger partial charge in [-0.05, 0) is 36.2 Å². The lowest BCUT2D eigenvalue weighted by Crippen LogP contribution is -2.25. The summed E-state index contributed by atoms with van der Waals surface area (Å²) < 4.78 is 14.9. The van der Waals surface area contributed by atoms with E-state index in [9.17, 15) is 4.39 Å². The Morgan fingerprint density at radius 2 is 1.80 bits per heavy atom.